The standard InChI is InChI=1S/C35H38ClN3O6S/c1-4-20-37-35(41)32(22-26-12-7-5-8-13-26)38(24-27-14-11-15-29(21-27)44-2)34(40)25-39(28-18-19-33(45-3)31(36)23-28)46(42,43)30-16-9-6-10-17-30/h5-19,21,23,32H,4,20,22,24-25H2,1-3H3,(H,37,41)/t32-/m1/s1. The van der Waals surface area contributed by atoms with Crippen molar-refractivity contribution < 1.29 is 27.5 Å². The van der Waals surface area contributed by atoms with Gasteiger partial charge in [-0.1, -0.05) is 79.2 Å². The van der Waals surface area contributed by atoms with E-state index in [9.17, 15) is 18.0 Å². The molecule has 4 aromatic rings. The molecule has 1 atom stereocenters. The molecule has 9 nitrogen and oxygen atoms in total. The van der Waals surface area contributed by atoms with E-state index in [1.165, 1.54) is 36.3 Å². The summed E-state index contributed by atoms with van der Waals surface area (Å²) in [6, 6.07) is 28.0. The Bertz CT molecular complexity index is 1720. The SMILES string of the molecule is CCCNC(=O)[C@@H](Cc1ccccc1)N(Cc1cccc(OC)c1)C(=O)CN(c1ccc(OC)c(Cl)c1)S(=O)(=O)c1ccccc1. The molecule has 0 saturated heterocycles. The fourth-order valence-electron chi connectivity index (χ4n) is 4.95. The summed E-state index contributed by atoms with van der Waals surface area (Å²) in [5, 5.41) is 3.11. The second kappa shape index (κ2) is 16.1. The Labute approximate surface area is 275 Å². The highest BCUT2D eigenvalue weighted by molar-refractivity contribution is 7.92. The minimum absolute atomic E-state index is 0.00406. The summed E-state index contributed by atoms with van der Waals surface area (Å²) in [5.74, 6) is 0.0128. The number of benzene rings is 4. The number of halogens is 1. The Morgan fingerprint density at radius 3 is 2.15 bits per heavy atom. The minimum atomic E-state index is -4.26. The second-order valence-electron chi connectivity index (χ2n) is 10.5. The van der Waals surface area contributed by atoms with Crippen LogP contribution in [0.15, 0.2) is 108 Å². The Kier molecular flexibility index (Phi) is 12.1. The van der Waals surface area contributed by atoms with Crippen molar-refractivity contribution in [2.45, 2.75) is 37.2 Å². The van der Waals surface area contributed by atoms with Gasteiger partial charge in [0.25, 0.3) is 10.0 Å². The lowest BCUT2D eigenvalue weighted by Gasteiger charge is -2.34. The molecule has 242 valence electrons. The maximum Gasteiger partial charge on any atom is 0.264 e. The number of hydrogen-bond donors (Lipinski definition) is 1. The summed E-state index contributed by atoms with van der Waals surface area (Å²) in [5.41, 5.74) is 1.72. The number of ether oxygens (including phenoxy) is 2. The lowest BCUT2D eigenvalue weighted by atomic mass is 10.0. The summed E-state index contributed by atoms with van der Waals surface area (Å²) < 4.78 is 39.9. The summed E-state index contributed by atoms with van der Waals surface area (Å²) in [6.45, 7) is 1.79. The largest absolute Gasteiger partial charge is 0.497 e. The molecule has 0 heterocycles. The first-order chi connectivity index (χ1) is 22.2. The zero-order valence-corrected chi connectivity index (χ0v) is 27.6. The number of anilines is 1. The summed E-state index contributed by atoms with van der Waals surface area (Å²) in [7, 11) is -1.26. The van der Waals surface area contributed by atoms with E-state index in [1.807, 2.05) is 43.3 Å². The molecule has 0 aromatic heterocycles. The van der Waals surface area contributed by atoms with Gasteiger partial charge in [0.15, 0.2) is 0 Å². The van der Waals surface area contributed by atoms with Crippen LogP contribution in [0.1, 0.15) is 24.5 Å². The Morgan fingerprint density at radius 1 is 0.848 bits per heavy atom. The fourth-order valence-corrected chi connectivity index (χ4v) is 6.63. The van der Waals surface area contributed by atoms with Gasteiger partial charge in [0.1, 0.15) is 24.1 Å². The fraction of sp³-hybridized carbons (Fsp3) is 0.257. The first kappa shape index (κ1) is 34.3. The molecule has 0 bridgehead atoms. The van der Waals surface area contributed by atoms with Gasteiger partial charge in [-0.3, -0.25) is 13.9 Å². The topological polar surface area (TPSA) is 105 Å². The van der Waals surface area contributed by atoms with Gasteiger partial charge in [0.2, 0.25) is 11.8 Å². The molecule has 0 unspecified atom stereocenters. The molecular formula is C35H38ClN3O6S. The number of amides is 2. The van der Waals surface area contributed by atoms with Crippen LogP contribution in [0.3, 0.4) is 0 Å². The van der Waals surface area contributed by atoms with Crippen molar-refractivity contribution in [2.24, 2.45) is 0 Å². The van der Waals surface area contributed by atoms with Gasteiger partial charge < -0.3 is 19.7 Å². The van der Waals surface area contributed by atoms with Gasteiger partial charge in [-0.05, 0) is 60.0 Å². The second-order valence-corrected chi connectivity index (χ2v) is 12.8. The van der Waals surface area contributed by atoms with Crippen LogP contribution in [0.25, 0.3) is 0 Å². The molecular weight excluding hydrogens is 626 g/mol. The quantitative estimate of drug-likeness (QED) is 0.175. The first-order valence-corrected chi connectivity index (χ1v) is 16.6. The van der Waals surface area contributed by atoms with Gasteiger partial charge in [0.05, 0.1) is 29.8 Å². The molecule has 0 aliphatic carbocycles. The molecule has 0 aliphatic heterocycles. The molecule has 0 fully saturated rings. The van der Waals surface area contributed by atoms with Gasteiger partial charge >= 0.3 is 0 Å². The van der Waals surface area contributed by atoms with Crippen LogP contribution in [-0.2, 0) is 32.6 Å². The van der Waals surface area contributed by atoms with E-state index in [-0.39, 0.29) is 34.5 Å². The Balaban J connectivity index is 1.82. The van der Waals surface area contributed by atoms with Crippen molar-refractivity contribution in [2.75, 3.05) is 31.6 Å². The molecule has 4 aromatic carbocycles. The molecule has 0 saturated carbocycles. The molecule has 2 amide bonds. The number of carbonyl (C=O) groups excluding carboxylic acids is 2. The van der Waals surface area contributed by atoms with Gasteiger partial charge in [-0.2, -0.15) is 0 Å². The molecule has 11 heteroatoms. The number of hydrogen-bond acceptors (Lipinski definition) is 6. The van der Waals surface area contributed by atoms with Crippen molar-refractivity contribution in [3.05, 3.63) is 119 Å². The van der Waals surface area contributed by atoms with Crippen molar-refractivity contribution in [3.63, 3.8) is 0 Å². The molecule has 0 aliphatic rings. The van der Waals surface area contributed by atoms with E-state index < -0.39 is 28.5 Å². The zero-order valence-electron chi connectivity index (χ0n) is 26.1. The van der Waals surface area contributed by atoms with E-state index in [4.69, 9.17) is 21.1 Å². The Morgan fingerprint density at radius 2 is 1.52 bits per heavy atom. The molecule has 46 heavy (non-hydrogen) atoms. The van der Waals surface area contributed by atoms with E-state index in [0.29, 0.717) is 30.0 Å². The van der Waals surface area contributed by atoms with Gasteiger partial charge in [-0.15, -0.1) is 0 Å². The average Bonchev–Trinajstić information content (AvgIpc) is 3.08. The highest BCUT2D eigenvalue weighted by Gasteiger charge is 2.34. The third-order valence-corrected chi connectivity index (χ3v) is 9.42. The van der Waals surface area contributed by atoms with E-state index in [2.05, 4.69) is 5.32 Å². The number of nitrogens with one attached hydrogen (secondary N) is 1. The van der Waals surface area contributed by atoms with Crippen molar-refractivity contribution in [1.29, 1.82) is 0 Å². The summed E-state index contributed by atoms with van der Waals surface area (Å²) in [4.78, 5) is 29.7. The maximum absolute atomic E-state index is 14.5. The smallest absolute Gasteiger partial charge is 0.264 e. The number of rotatable bonds is 15. The van der Waals surface area contributed by atoms with Crippen molar-refractivity contribution in [1.82, 2.24) is 10.2 Å². The number of nitrogens with zero attached hydrogens (tertiary/aromatic N) is 2. The minimum Gasteiger partial charge on any atom is -0.497 e. The van der Waals surface area contributed by atoms with E-state index in [1.54, 1.807) is 49.6 Å². The predicted molar refractivity (Wildman–Crippen MR) is 180 cm³/mol. The highest BCUT2D eigenvalue weighted by Crippen LogP contribution is 2.32. The average molecular weight is 664 g/mol. The van der Waals surface area contributed by atoms with E-state index in [0.717, 1.165) is 9.87 Å². The maximum atomic E-state index is 14.5. The lowest BCUT2D eigenvalue weighted by Crippen LogP contribution is -2.53. The van der Waals surface area contributed by atoms with Gasteiger partial charge in [-0.25, -0.2) is 8.42 Å². The number of methoxy groups -OCH3 is 2. The normalized spacial score (nSPS) is 11.7. The number of sulfonamides is 1. The molecule has 4 rings (SSSR count). The monoisotopic (exact) mass is 663 g/mol. The third-order valence-electron chi connectivity index (χ3n) is 7.34. The van der Waals surface area contributed by atoms with Crippen LogP contribution in [-0.4, -0.2) is 58.5 Å². The molecule has 1 N–H and O–H groups in total. The predicted octanol–water partition coefficient (Wildman–Crippen LogP) is 5.72. The van der Waals surface area contributed by atoms with Crippen molar-refractivity contribution >= 4 is 39.1 Å². The summed E-state index contributed by atoms with van der Waals surface area (Å²) in [6.07, 6.45) is 0.918. The van der Waals surface area contributed by atoms with Gasteiger partial charge in [0, 0.05) is 19.5 Å². The van der Waals surface area contributed by atoms with E-state index >= 15 is 0 Å². The van der Waals surface area contributed by atoms with Crippen LogP contribution in [0.5, 0.6) is 11.5 Å². The molecule has 0 spiro atoms. The molecule has 0 radical (unpaired) electrons. The number of carbonyl (C=O) groups is 2. The van der Waals surface area contributed by atoms with Crippen molar-refractivity contribution in [3.8, 4) is 11.5 Å². The highest BCUT2D eigenvalue weighted by atomic mass is 35.5. The van der Waals surface area contributed by atoms with Crippen LogP contribution < -0.4 is 19.1 Å². The first-order valence-electron chi connectivity index (χ1n) is 14.8. The van der Waals surface area contributed by atoms with Crippen LogP contribution in [0.2, 0.25) is 5.02 Å². The zero-order chi connectivity index (χ0) is 33.1. The summed E-state index contributed by atoms with van der Waals surface area (Å²) >= 11 is 6.43. The van der Waals surface area contributed by atoms with Crippen LogP contribution in [0.4, 0.5) is 5.69 Å². The Hall–Kier alpha value is -4.54. The lowest BCUT2D eigenvalue weighted by molar-refractivity contribution is -0.140. The van der Waals surface area contributed by atoms with Crippen LogP contribution in [0, 0.1) is 0 Å². The van der Waals surface area contributed by atoms with Crippen LogP contribution >= 0.6 is 11.6 Å². The third kappa shape index (κ3) is 8.58.